The van der Waals surface area contributed by atoms with Crippen LogP contribution in [0.25, 0.3) is 0 Å². The highest BCUT2D eigenvalue weighted by Gasteiger charge is 2.19. The molecule has 1 heterocycles. The summed E-state index contributed by atoms with van der Waals surface area (Å²) in [6.45, 7) is 7.70. The fourth-order valence-corrected chi connectivity index (χ4v) is 2.05. The summed E-state index contributed by atoms with van der Waals surface area (Å²) in [6.07, 6.45) is 1.86. The van der Waals surface area contributed by atoms with Gasteiger partial charge in [-0.15, -0.1) is 0 Å². The average molecular weight is 282 g/mol. The molecule has 0 unspecified atom stereocenters. The third-order valence-electron chi connectivity index (χ3n) is 2.95. The predicted octanol–water partition coefficient (Wildman–Crippen LogP) is 2.66. The van der Waals surface area contributed by atoms with Crippen molar-refractivity contribution in [3.05, 3.63) is 23.2 Å². The summed E-state index contributed by atoms with van der Waals surface area (Å²) in [5, 5.41) is 14.4. The zero-order chi connectivity index (χ0) is 15.3. The van der Waals surface area contributed by atoms with E-state index in [1.807, 2.05) is 13.8 Å². The van der Waals surface area contributed by atoms with E-state index in [2.05, 4.69) is 17.6 Å². The molecule has 0 saturated heterocycles. The molecule has 0 bridgehead atoms. The molecular weight excluding hydrogens is 260 g/mol. The number of aromatic carboxylic acids is 1. The number of urea groups is 1. The molecule has 1 aromatic heterocycles. The number of carbonyl (C=O) groups excluding carboxylic acids is 1. The minimum atomic E-state index is -1.04. The van der Waals surface area contributed by atoms with E-state index in [-0.39, 0.29) is 23.7 Å². The molecular formula is C14H22N2O4. The van der Waals surface area contributed by atoms with E-state index in [1.165, 1.54) is 6.07 Å². The molecule has 6 nitrogen and oxygen atoms in total. The quantitative estimate of drug-likeness (QED) is 0.748. The lowest BCUT2D eigenvalue weighted by Gasteiger charge is -2.25. The number of carboxylic acids is 1. The van der Waals surface area contributed by atoms with Gasteiger partial charge in [0.05, 0.1) is 6.54 Å². The highest BCUT2D eigenvalue weighted by Crippen LogP contribution is 2.14. The van der Waals surface area contributed by atoms with Gasteiger partial charge in [-0.1, -0.05) is 13.3 Å². The van der Waals surface area contributed by atoms with Crippen LogP contribution in [0.2, 0.25) is 0 Å². The van der Waals surface area contributed by atoms with Crippen LogP contribution in [0, 0.1) is 6.92 Å². The SMILES string of the molecule is CCCC(C)(C)NC(=O)NCc1cc(C(=O)O)c(C)o1. The molecule has 0 aliphatic carbocycles. The molecule has 0 aliphatic heterocycles. The topological polar surface area (TPSA) is 91.6 Å². The Hall–Kier alpha value is -1.98. The van der Waals surface area contributed by atoms with Gasteiger partial charge >= 0.3 is 12.0 Å². The molecule has 0 fully saturated rings. The zero-order valence-electron chi connectivity index (χ0n) is 12.4. The van der Waals surface area contributed by atoms with Crippen LogP contribution in [0.4, 0.5) is 4.79 Å². The summed E-state index contributed by atoms with van der Waals surface area (Å²) in [6, 6.07) is 1.13. The van der Waals surface area contributed by atoms with Crippen LogP contribution in [-0.4, -0.2) is 22.6 Å². The summed E-state index contributed by atoms with van der Waals surface area (Å²) < 4.78 is 5.28. The van der Waals surface area contributed by atoms with Crippen molar-refractivity contribution >= 4 is 12.0 Å². The van der Waals surface area contributed by atoms with Crippen LogP contribution in [0.15, 0.2) is 10.5 Å². The fraction of sp³-hybridized carbons (Fsp3) is 0.571. The summed E-state index contributed by atoms with van der Waals surface area (Å²) in [5.41, 5.74) is -0.155. The van der Waals surface area contributed by atoms with Crippen molar-refractivity contribution < 1.29 is 19.1 Å². The third kappa shape index (κ3) is 4.60. The monoisotopic (exact) mass is 282 g/mol. The Balaban J connectivity index is 2.53. The van der Waals surface area contributed by atoms with Gasteiger partial charge in [-0.05, 0) is 33.3 Å². The van der Waals surface area contributed by atoms with Gasteiger partial charge in [0.15, 0.2) is 0 Å². The number of amides is 2. The highest BCUT2D eigenvalue weighted by atomic mass is 16.4. The standard InChI is InChI=1S/C14H22N2O4/c1-5-6-14(3,4)16-13(19)15-8-10-7-11(12(17)18)9(2)20-10/h7H,5-6,8H2,1-4H3,(H,17,18)(H2,15,16,19). The van der Waals surface area contributed by atoms with Gasteiger partial charge in [0.2, 0.25) is 0 Å². The van der Waals surface area contributed by atoms with Crippen molar-refractivity contribution in [2.75, 3.05) is 0 Å². The van der Waals surface area contributed by atoms with Crippen molar-refractivity contribution in [3.63, 3.8) is 0 Å². The zero-order valence-corrected chi connectivity index (χ0v) is 12.4. The summed E-state index contributed by atoms with van der Waals surface area (Å²) in [7, 11) is 0. The lowest BCUT2D eigenvalue weighted by atomic mass is 9.99. The van der Waals surface area contributed by atoms with Gasteiger partial charge in [0.1, 0.15) is 17.1 Å². The van der Waals surface area contributed by atoms with Crippen LogP contribution in [-0.2, 0) is 6.54 Å². The van der Waals surface area contributed by atoms with E-state index in [0.29, 0.717) is 11.5 Å². The molecule has 0 aliphatic rings. The highest BCUT2D eigenvalue weighted by molar-refractivity contribution is 5.88. The van der Waals surface area contributed by atoms with E-state index in [0.717, 1.165) is 12.8 Å². The Morgan fingerprint density at radius 3 is 2.55 bits per heavy atom. The molecule has 20 heavy (non-hydrogen) atoms. The summed E-state index contributed by atoms with van der Waals surface area (Å²) in [5.74, 6) is -0.282. The Labute approximate surface area is 118 Å². The molecule has 3 N–H and O–H groups in total. The minimum Gasteiger partial charge on any atom is -0.478 e. The Morgan fingerprint density at radius 1 is 1.40 bits per heavy atom. The van der Waals surface area contributed by atoms with Gasteiger partial charge in [0.25, 0.3) is 0 Å². The molecule has 1 aromatic rings. The minimum absolute atomic E-state index is 0.119. The second-order valence-electron chi connectivity index (χ2n) is 5.43. The number of furan rings is 1. The molecule has 112 valence electrons. The molecule has 0 saturated carbocycles. The maximum absolute atomic E-state index is 11.8. The number of hydrogen-bond donors (Lipinski definition) is 3. The van der Waals surface area contributed by atoms with Gasteiger partial charge < -0.3 is 20.2 Å². The first-order valence-corrected chi connectivity index (χ1v) is 6.64. The van der Waals surface area contributed by atoms with Crippen molar-refractivity contribution in [2.24, 2.45) is 0 Å². The number of rotatable bonds is 6. The van der Waals surface area contributed by atoms with Gasteiger partial charge in [0, 0.05) is 5.54 Å². The lowest BCUT2D eigenvalue weighted by Crippen LogP contribution is -2.48. The second-order valence-corrected chi connectivity index (χ2v) is 5.43. The fourth-order valence-electron chi connectivity index (χ4n) is 2.05. The average Bonchev–Trinajstić information content (AvgIpc) is 2.67. The largest absolute Gasteiger partial charge is 0.478 e. The van der Waals surface area contributed by atoms with Crippen LogP contribution in [0.3, 0.4) is 0 Å². The Kier molecular flexibility index (Phi) is 5.19. The normalized spacial score (nSPS) is 11.2. The van der Waals surface area contributed by atoms with E-state index in [4.69, 9.17) is 9.52 Å². The first-order valence-electron chi connectivity index (χ1n) is 6.64. The number of hydrogen-bond acceptors (Lipinski definition) is 3. The first kappa shape index (κ1) is 16.1. The predicted molar refractivity (Wildman–Crippen MR) is 74.8 cm³/mol. The lowest BCUT2D eigenvalue weighted by molar-refractivity contribution is 0.0695. The molecule has 6 heteroatoms. The van der Waals surface area contributed by atoms with Gasteiger partial charge in [-0.25, -0.2) is 9.59 Å². The van der Waals surface area contributed by atoms with E-state index in [9.17, 15) is 9.59 Å². The van der Waals surface area contributed by atoms with Gasteiger partial charge in [-0.2, -0.15) is 0 Å². The third-order valence-corrected chi connectivity index (χ3v) is 2.95. The molecule has 1 rings (SSSR count). The smallest absolute Gasteiger partial charge is 0.339 e. The van der Waals surface area contributed by atoms with Crippen molar-refractivity contribution in [1.29, 1.82) is 0 Å². The summed E-state index contributed by atoms with van der Waals surface area (Å²) >= 11 is 0. The van der Waals surface area contributed by atoms with Crippen LogP contribution >= 0.6 is 0 Å². The van der Waals surface area contributed by atoms with Crippen molar-refractivity contribution in [3.8, 4) is 0 Å². The van der Waals surface area contributed by atoms with E-state index in [1.54, 1.807) is 6.92 Å². The number of carbonyl (C=O) groups is 2. The van der Waals surface area contributed by atoms with E-state index < -0.39 is 5.97 Å². The van der Waals surface area contributed by atoms with Crippen molar-refractivity contribution in [2.45, 2.75) is 52.6 Å². The number of aryl methyl sites for hydroxylation is 1. The first-order chi connectivity index (χ1) is 9.25. The maximum Gasteiger partial charge on any atom is 0.339 e. The van der Waals surface area contributed by atoms with Crippen molar-refractivity contribution in [1.82, 2.24) is 10.6 Å². The maximum atomic E-state index is 11.8. The van der Waals surface area contributed by atoms with Crippen LogP contribution in [0.1, 0.15) is 55.5 Å². The van der Waals surface area contributed by atoms with Gasteiger partial charge in [-0.3, -0.25) is 0 Å². The van der Waals surface area contributed by atoms with E-state index >= 15 is 0 Å². The molecule has 0 radical (unpaired) electrons. The summed E-state index contributed by atoms with van der Waals surface area (Å²) in [4.78, 5) is 22.6. The Morgan fingerprint density at radius 2 is 2.05 bits per heavy atom. The van der Waals surface area contributed by atoms with Crippen LogP contribution < -0.4 is 10.6 Å². The number of carboxylic acid groups (broad SMARTS) is 1. The molecule has 0 aromatic carbocycles. The molecule has 2 amide bonds. The number of nitrogens with one attached hydrogen (secondary N) is 2. The second kappa shape index (κ2) is 6.45. The van der Waals surface area contributed by atoms with Crippen LogP contribution in [0.5, 0.6) is 0 Å². The molecule has 0 atom stereocenters. The Bertz CT molecular complexity index is 491. The molecule has 0 spiro atoms.